The molecule has 0 aliphatic carbocycles. The second kappa shape index (κ2) is 9.34. The molecule has 0 spiro atoms. The maximum absolute atomic E-state index is 12.8. The number of nitrogens with one attached hydrogen (secondary N) is 1. The van der Waals surface area contributed by atoms with Crippen LogP contribution in [0.2, 0.25) is 10.0 Å². The van der Waals surface area contributed by atoms with E-state index in [9.17, 15) is 9.59 Å². The van der Waals surface area contributed by atoms with Gasteiger partial charge in [0.2, 0.25) is 0 Å². The topological polar surface area (TPSA) is 67.9 Å². The van der Waals surface area contributed by atoms with Gasteiger partial charge in [-0.3, -0.25) is 4.79 Å². The molecule has 0 saturated carbocycles. The van der Waals surface area contributed by atoms with Crippen LogP contribution < -0.4 is 19.7 Å². The van der Waals surface area contributed by atoms with Gasteiger partial charge >= 0.3 is 6.03 Å². The zero-order valence-electron chi connectivity index (χ0n) is 17.0. The summed E-state index contributed by atoms with van der Waals surface area (Å²) in [6, 6.07) is 18.5. The minimum absolute atomic E-state index is 0.154. The van der Waals surface area contributed by atoms with Crippen molar-refractivity contribution >= 4 is 46.9 Å². The van der Waals surface area contributed by atoms with Gasteiger partial charge in [0.25, 0.3) is 5.91 Å². The van der Waals surface area contributed by atoms with Crippen LogP contribution >= 0.6 is 23.2 Å². The lowest BCUT2D eigenvalue weighted by molar-refractivity contribution is -0.113. The van der Waals surface area contributed by atoms with Gasteiger partial charge in [-0.25, -0.2) is 9.69 Å². The molecule has 6 nitrogen and oxygen atoms in total. The smallest absolute Gasteiger partial charge is 0.333 e. The summed E-state index contributed by atoms with van der Waals surface area (Å²) in [5.74, 6) is 0.591. The Morgan fingerprint density at radius 3 is 2.22 bits per heavy atom. The van der Waals surface area contributed by atoms with E-state index in [1.807, 2.05) is 12.1 Å². The first-order valence-electron chi connectivity index (χ1n) is 9.62. The second-order valence-electron chi connectivity index (χ2n) is 6.93. The van der Waals surface area contributed by atoms with Gasteiger partial charge in [0.05, 0.1) is 12.8 Å². The Labute approximate surface area is 195 Å². The number of nitrogens with zero attached hydrogens (tertiary/aromatic N) is 1. The monoisotopic (exact) mass is 468 g/mol. The number of urea groups is 1. The number of benzene rings is 3. The predicted molar refractivity (Wildman–Crippen MR) is 124 cm³/mol. The molecule has 1 heterocycles. The molecule has 1 fully saturated rings. The Balaban J connectivity index is 1.52. The van der Waals surface area contributed by atoms with Crippen LogP contribution in [-0.4, -0.2) is 19.0 Å². The first-order chi connectivity index (χ1) is 15.4. The molecule has 0 bridgehead atoms. The predicted octanol–water partition coefficient (Wildman–Crippen LogP) is 5.68. The Morgan fingerprint density at radius 2 is 1.56 bits per heavy atom. The Kier molecular flexibility index (Phi) is 6.35. The van der Waals surface area contributed by atoms with Crippen molar-refractivity contribution in [3.05, 3.63) is 93.6 Å². The molecular formula is C24H18Cl2N2O4. The van der Waals surface area contributed by atoms with E-state index in [0.29, 0.717) is 39.4 Å². The van der Waals surface area contributed by atoms with Gasteiger partial charge in [0.1, 0.15) is 12.3 Å². The van der Waals surface area contributed by atoms with Gasteiger partial charge in [-0.15, -0.1) is 0 Å². The van der Waals surface area contributed by atoms with Gasteiger partial charge in [-0.1, -0.05) is 41.4 Å². The number of ether oxygens (including phenoxy) is 2. The highest BCUT2D eigenvalue weighted by molar-refractivity contribution is 6.31. The molecule has 0 atom stereocenters. The lowest BCUT2D eigenvalue weighted by Gasteiger charge is -2.12. The summed E-state index contributed by atoms with van der Waals surface area (Å²) in [5, 5.41) is 3.78. The molecule has 0 unspecified atom stereocenters. The number of carbonyl (C=O) groups excluding carboxylic acids is 2. The summed E-state index contributed by atoms with van der Waals surface area (Å²) in [5.41, 5.74) is 2.22. The van der Waals surface area contributed by atoms with Crippen LogP contribution in [0.25, 0.3) is 6.08 Å². The van der Waals surface area contributed by atoms with Gasteiger partial charge < -0.3 is 14.8 Å². The Bertz CT molecular complexity index is 1190. The van der Waals surface area contributed by atoms with Gasteiger partial charge in [-0.2, -0.15) is 0 Å². The Morgan fingerprint density at radius 1 is 0.906 bits per heavy atom. The van der Waals surface area contributed by atoms with Crippen LogP contribution in [0.4, 0.5) is 10.5 Å². The summed E-state index contributed by atoms with van der Waals surface area (Å²) in [7, 11) is 1.53. The number of halogens is 2. The molecular weight excluding hydrogens is 451 g/mol. The summed E-state index contributed by atoms with van der Waals surface area (Å²) >= 11 is 11.8. The molecule has 1 aliphatic heterocycles. The summed E-state index contributed by atoms with van der Waals surface area (Å²) < 4.78 is 11.3. The van der Waals surface area contributed by atoms with Crippen molar-refractivity contribution in [2.24, 2.45) is 0 Å². The zero-order valence-corrected chi connectivity index (χ0v) is 18.5. The zero-order chi connectivity index (χ0) is 22.7. The Hall–Kier alpha value is -3.48. The van der Waals surface area contributed by atoms with Crippen molar-refractivity contribution in [3.8, 4) is 11.5 Å². The lowest BCUT2D eigenvalue weighted by Crippen LogP contribution is -2.30. The van der Waals surface area contributed by atoms with E-state index in [0.717, 1.165) is 10.5 Å². The maximum atomic E-state index is 12.8. The van der Waals surface area contributed by atoms with E-state index in [4.69, 9.17) is 32.7 Å². The number of imide groups is 1. The van der Waals surface area contributed by atoms with Crippen molar-refractivity contribution in [2.75, 3.05) is 12.0 Å². The third-order valence-corrected chi connectivity index (χ3v) is 5.27. The molecule has 4 rings (SSSR count). The molecule has 3 aromatic rings. The van der Waals surface area contributed by atoms with Crippen molar-refractivity contribution < 1.29 is 19.1 Å². The van der Waals surface area contributed by atoms with E-state index in [1.165, 1.54) is 7.11 Å². The van der Waals surface area contributed by atoms with Crippen LogP contribution in [0.3, 0.4) is 0 Å². The number of hydrogen-bond acceptors (Lipinski definition) is 4. The molecule has 162 valence electrons. The summed E-state index contributed by atoms with van der Waals surface area (Å²) in [4.78, 5) is 26.2. The average molecular weight is 469 g/mol. The van der Waals surface area contributed by atoms with Crippen LogP contribution in [0.15, 0.2) is 72.4 Å². The molecule has 8 heteroatoms. The maximum Gasteiger partial charge on any atom is 0.333 e. The van der Waals surface area contributed by atoms with Gasteiger partial charge in [0, 0.05) is 10.0 Å². The third-order valence-electron chi connectivity index (χ3n) is 4.77. The largest absolute Gasteiger partial charge is 0.493 e. The second-order valence-corrected chi connectivity index (χ2v) is 7.80. The normalized spacial score (nSPS) is 14.6. The molecule has 1 saturated heterocycles. The highest BCUT2D eigenvalue weighted by Gasteiger charge is 2.34. The molecule has 0 aromatic heterocycles. The van der Waals surface area contributed by atoms with E-state index >= 15 is 0 Å². The average Bonchev–Trinajstić information content (AvgIpc) is 3.07. The quantitative estimate of drug-likeness (QED) is 0.373. The molecule has 3 aromatic carbocycles. The lowest BCUT2D eigenvalue weighted by atomic mass is 10.1. The minimum Gasteiger partial charge on any atom is -0.493 e. The van der Waals surface area contributed by atoms with E-state index in [2.05, 4.69) is 5.32 Å². The van der Waals surface area contributed by atoms with Crippen molar-refractivity contribution in [2.45, 2.75) is 6.61 Å². The first-order valence-corrected chi connectivity index (χ1v) is 10.4. The highest BCUT2D eigenvalue weighted by atomic mass is 35.5. The SMILES string of the molecule is COc1cc(/C=C2/NC(=O)N(c3ccc(Cl)cc3)C2=O)ccc1OCc1ccc(Cl)cc1. The number of anilines is 1. The summed E-state index contributed by atoms with van der Waals surface area (Å²) in [6.45, 7) is 0.346. The fourth-order valence-corrected chi connectivity index (χ4v) is 3.41. The molecule has 32 heavy (non-hydrogen) atoms. The van der Waals surface area contributed by atoms with Crippen LogP contribution in [0.1, 0.15) is 11.1 Å². The number of amides is 3. The van der Waals surface area contributed by atoms with E-state index in [-0.39, 0.29) is 5.70 Å². The van der Waals surface area contributed by atoms with E-state index < -0.39 is 11.9 Å². The van der Waals surface area contributed by atoms with Crippen molar-refractivity contribution in [1.82, 2.24) is 5.32 Å². The first kappa shape index (κ1) is 21.7. The number of carbonyl (C=O) groups is 2. The number of hydrogen-bond donors (Lipinski definition) is 1. The van der Waals surface area contributed by atoms with Gasteiger partial charge in [-0.05, 0) is 65.7 Å². The van der Waals surface area contributed by atoms with Crippen LogP contribution in [-0.2, 0) is 11.4 Å². The fourth-order valence-electron chi connectivity index (χ4n) is 3.16. The minimum atomic E-state index is -0.529. The van der Waals surface area contributed by atoms with Gasteiger partial charge in [0.15, 0.2) is 11.5 Å². The van der Waals surface area contributed by atoms with Crippen molar-refractivity contribution in [3.63, 3.8) is 0 Å². The number of rotatable bonds is 6. The van der Waals surface area contributed by atoms with Crippen LogP contribution in [0, 0.1) is 0 Å². The standard InChI is InChI=1S/C24H18Cl2N2O4/c1-31-22-13-16(4-11-21(22)32-14-15-2-5-17(25)6-3-15)12-20-23(29)28(24(30)27-20)19-9-7-18(26)8-10-19/h2-13H,14H2,1H3,(H,27,30)/b20-12+. The van der Waals surface area contributed by atoms with E-state index in [1.54, 1.807) is 60.7 Å². The van der Waals surface area contributed by atoms with Crippen LogP contribution in [0.5, 0.6) is 11.5 Å². The summed E-state index contributed by atoms with van der Waals surface area (Å²) in [6.07, 6.45) is 1.58. The third kappa shape index (κ3) is 4.72. The molecule has 3 amide bonds. The fraction of sp³-hybridized carbons (Fsp3) is 0.0833. The molecule has 0 radical (unpaired) electrons. The molecule has 1 aliphatic rings. The highest BCUT2D eigenvalue weighted by Crippen LogP contribution is 2.31. The molecule has 1 N–H and O–H groups in total. The number of methoxy groups -OCH3 is 1. The van der Waals surface area contributed by atoms with Crippen molar-refractivity contribution in [1.29, 1.82) is 0 Å².